The zero-order chi connectivity index (χ0) is 14.1. The van der Waals surface area contributed by atoms with Crippen LogP contribution in [0, 0.1) is 5.92 Å². The Kier molecular flexibility index (Phi) is 3.53. The van der Waals surface area contributed by atoms with Gasteiger partial charge in [-0.1, -0.05) is 40.1 Å². The van der Waals surface area contributed by atoms with E-state index in [-0.39, 0.29) is 0 Å². The summed E-state index contributed by atoms with van der Waals surface area (Å²) in [6.07, 6.45) is 1.65. The number of halogens is 1. The number of aromatic nitrogens is 2. The number of fused-ring (bicyclic) bond motifs is 1. The molecule has 1 heterocycles. The predicted molar refractivity (Wildman–Crippen MR) is 81.0 cm³/mol. The van der Waals surface area contributed by atoms with Gasteiger partial charge in [-0.05, 0) is 37.0 Å². The van der Waals surface area contributed by atoms with Gasteiger partial charge in [0.05, 0.1) is 17.1 Å². The summed E-state index contributed by atoms with van der Waals surface area (Å²) in [5, 5.41) is 21.2. The molecular formula is C15H14BrN3O. The second kappa shape index (κ2) is 5.32. The zero-order valence-corrected chi connectivity index (χ0v) is 12.6. The molecule has 0 amide bonds. The van der Waals surface area contributed by atoms with E-state index in [1.807, 2.05) is 30.3 Å². The molecule has 4 nitrogen and oxygen atoms in total. The molecule has 0 saturated heterocycles. The van der Waals surface area contributed by atoms with Crippen molar-refractivity contribution >= 4 is 21.6 Å². The molecule has 1 aliphatic carbocycles. The van der Waals surface area contributed by atoms with Crippen molar-refractivity contribution in [3.05, 3.63) is 46.1 Å². The highest BCUT2D eigenvalue weighted by molar-refractivity contribution is 9.10. The molecule has 1 N–H and O–H groups in total. The molecule has 0 bridgehead atoms. The van der Waals surface area contributed by atoms with E-state index in [4.69, 9.17) is 0 Å². The lowest BCUT2D eigenvalue weighted by Gasteiger charge is -2.21. The van der Waals surface area contributed by atoms with Crippen molar-refractivity contribution in [3.63, 3.8) is 0 Å². The first-order valence-corrected chi connectivity index (χ1v) is 7.30. The van der Waals surface area contributed by atoms with Crippen LogP contribution in [0.5, 0.6) is 0 Å². The molecular weight excluding hydrogens is 318 g/mol. The zero-order valence-electron chi connectivity index (χ0n) is 11.0. The molecule has 1 atom stereocenters. The Hall–Kier alpha value is -1.75. The van der Waals surface area contributed by atoms with Crippen molar-refractivity contribution in [1.82, 2.24) is 10.2 Å². The van der Waals surface area contributed by atoms with Gasteiger partial charge >= 0.3 is 0 Å². The third-order valence-corrected chi connectivity index (χ3v) is 4.05. The van der Waals surface area contributed by atoms with Gasteiger partial charge in [-0.25, -0.2) is 0 Å². The van der Waals surface area contributed by atoms with Gasteiger partial charge in [0.1, 0.15) is 0 Å². The molecule has 1 aliphatic rings. The molecule has 1 aromatic carbocycles. The van der Waals surface area contributed by atoms with Crippen molar-refractivity contribution < 1.29 is 5.21 Å². The van der Waals surface area contributed by atoms with Crippen LogP contribution in [0.1, 0.15) is 24.6 Å². The van der Waals surface area contributed by atoms with Crippen molar-refractivity contribution in [2.75, 3.05) is 0 Å². The van der Waals surface area contributed by atoms with Crippen molar-refractivity contribution in [2.24, 2.45) is 11.1 Å². The lowest BCUT2D eigenvalue weighted by atomic mass is 9.86. The number of benzene rings is 1. The van der Waals surface area contributed by atoms with Crippen molar-refractivity contribution in [1.29, 1.82) is 0 Å². The van der Waals surface area contributed by atoms with Gasteiger partial charge in [0, 0.05) is 15.6 Å². The number of hydrogen-bond acceptors (Lipinski definition) is 4. The van der Waals surface area contributed by atoms with Gasteiger partial charge in [-0.3, -0.25) is 0 Å². The van der Waals surface area contributed by atoms with Gasteiger partial charge < -0.3 is 5.21 Å². The third kappa shape index (κ3) is 2.45. The van der Waals surface area contributed by atoms with Gasteiger partial charge in [-0.2, -0.15) is 10.2 Å². The van der Waals surface area contributed by atoms with Gasteiger partial charge in [0.2, 0.25) is 0 Å². The Bertz CT molecular complexity index is 667. The number of nitrogens with zero attached hydrogens (tertiary/aromatic N) is 3. The summed E-state index contributed by atoms with van der Waals surface area (Å²) in [6.45, 7) is 2.12. The highest BCUT2D eigenvalue weighted by Gasteiger charge is 2.23. The van der Waals surface area contributed by atoms with Crippen LogP contribution in [0.4, 0.5) is 0 Å². The second-order valence-electron chi connectivity index (χ2n) is 5.16. The third-order valence-electron chi connectivity index (χ3n) is 3.53. The monoisotopic (exact) mass is 331 g/mol. The highest BCUT2D eigenvalue weighted by Crippen LogP contribution is 2.27. The van der Waals surface area contributed by atoms with Crippen LogP contribution < -0.4 is 0 Å². The van der Waals surface area contributed by atoms with E-state index < -0.39 is 0 Å². The molecule has 0 aliphatic heterocycles. The minimum absolute atomic E-state index is 0.432. The SMILES string of the molecule is C[C@H]1C/C(=N\O)c2cc(-c3ccc(Br)cc3)nnc2C1. The number of rotatable bonds is 1. The molecule has 1 aromatic heterocycles. The molecule has 0 spiro atoms. The maximum absolute atomic E-state index is 9.19. The maximum atomic E-state index is 9.19. The van der Waals surface area contributed by atoms with E-state index in [1.54, 1.807) is 0 Å². The molecule has 2 aromatic rings. The van der Waals surface area contributed by atoms with Crippen LogP contribution in [0.2, 0.25) is 0 Å². The average molecular weight is 332 g/mol. The summed E-state index contributed by atoms with van der Waals surface area (Å²) in [5.74, 6) is 0.432. The molecule has 0 saturated carbocycles. The largest absolute Gasteiger partial charge is 0.411 e. The standard InChI is InChI=1S/C15H14BrN3O/c1-9-6-14-12(15(7-9)19-20)8-13(17-18-14)10-2-4-11(16)5-3-10/h2-5,8-9,20H,6-7H2,1H3/b19-15+/t9-/m1/s1. The van der Waals surface area contributed by atoms with Crippen LogP contribution >= 0.6 is 15.9 Å². The Morgan fingerprint density at radius 3 is 2.65 bits per heavy atom. The van der Waals surface area contributed by atoms with Crippen LogP contribution in [0.25, 0.3) is 11.3 Å². The van der Waals surface area contributed by atoms with E-state index in [1.165, 1.54) is 0 Å². The molecule has 102 valence electrons. The summed E-state index contributed by atoms with van der Waals surface area (Å²) in [5.41, 5.74) is 4.33. The Morgan fingerprint density at radius 2 is 1.95 bits per heavy atom. The maximum Gasteiger partial charge on any atom is 0.0936 e. The minimum Gasteiger partial charge on any atom is -0.411 e. The van der Waals surface area contributed by atoms with Crippen LogP contribution in [0.15, 0.2) is 40.0 Å². The topological polar surface area (TPSA) is 58.4 Å². The number of oxime groups is 1. The van der Waals surface area contributed by atoms with Crippen LogP contribution in [-0.4, -0.2) is 21.1 Å². The van der Waals surface area contributed by atoms with Crippen molar-refractivity contribution in [3.8, 4) is 11.3 Å². The second-order valence-corrected chi connectivity index (χ2v) is 6.07. The van der Waals surface area contributed by atoms with Crippen molar-refractivity contribution in [2.45, 2.75) is 19.8 Å². The minimum atomic E-state index is 0.432. The summed E-state index contributed by atoms with van der Waals surface area (Å²) >= 11 is 3.42. The Balaban J connectivity index is 2.06. The summed E-state index contributed by atoms with van der Waals surface area (Å²) in [7, 11) is 0. The quantitative estimate of drug-likeness (QED) is 0.640. The molecule has 20 heavy (non-hydrogen) atoms. The molecule has 0 fully saturated rings. The molecule has 0 radical (unpaired) electrons. The van der Waals surface area contributed by atoms with E-state index in [0.717, 1.165) is 39.8 Å². The first-order valence-electron chi connectivity index (χ1n) is 6.51. The fourth-order valence-corrected chi connectivity index (χ4v) is 2.78. The fourth-order valence-electron chi connectivity index (χ4n) is 2.52. The summed E-state index contributed by atoms with van der Waals surface area (Å²) in [6, 6.07) is 9.88. The molecule has 3 rings (SSSR count). The average Bonchev–Trinajstić information content (AvgIpc) is 2.46. The Labute approximate surface area is 125 Å². The van der Waals surface area contributed by atoms with E-state index in [2.05, 4.69) is 38.2 Å². The van der Waals surface area contributed by atoms with Crippen LogP contribution in [0.3, 0.4) is 0 Å². The normalized spacial score (nSPS) is 19.9. The van der Waals surface area contributed by atoms with E-state index in [0.29, 0.717) is 11.6 Å². The van der Waals surface area contributed by atoms with Crippen LogP contribution in [-0.2, 0) is 6.42 Å². The predicted octanol–water partition coefficient (Wildman–Crippen LogP) is 3.67. The fraction of sp³-hybridized carbons (Fsp3) is 0.267. The van der Waals surface area contributed by atoms with Gasteiger partial charge in [-0.15, -0.1) is 0 Å². The first-order chi connectivity index (χ1) is 9.67. The summed E-state index contributed by atoms with van der Waals surface area (Å²) < 4.78 is 1.03. The smallest absolute Gasteiger partial charge is 0.0936 e. The molecule has 5 heteroatoms. The van der Waals surface area contributed by atoms with E-state index in [9.17, 15) is 5.21 Å². The number of hydrogen-bond donors (Lipinski definition) is 1. The lowest BCUT2D eigenvalue weighted by Crippen LogP contribution is -2.21. The van der Waals surface area contributed by atoms with E-state index >= 15 is 0 Å². The van der Waals surface area contributed by atoms with Gasteiger partial charge in [0.25, 0.3) is 0 Å². The Morgan fingerprint density at radius 1 is 1.20 bits per heavy atom. The van der Waals surface area contributed by atoms with Gasteiger partial charge in [0.15, 0.2) is 0 Å². The highest BCUT2D eigenvalue weighted by atomic mass is 79.9. The first kappa shape index (κ1) is 13.2. The summed E-state index contributed by atoms with van der Waals surface area (Å²) in [4.78, 5) is 0. The molecule has 0 unspecified atom stereocenters. The lowest BCUT2D eigenvalue weighted by molar-refractivity contribution is 0.316.